The number of halogens is 2. The van der Waals surface area contributed by atoms with E-state index in [0.717, 1.165) is 30.5 Å². The van der Waals surface area contributed by atoms with E-state index >= 15 is 0 Å². The quantitative estimate of drug-likeness (QED) is 0.865. The molecule has 0 aliphatic carbocycles. The summed E-state index contributed by atoms with van der Waals surface area (Å²) in [5, 5.41) is 3.60. The number of rotatable bonds is 6. The lowest BCUT2D eigenvalue weighted by molar-refractivity contribution is 0.524. The second-order valence-electron chi connectivity index (χ2n) is 4.75. The number of nitrogens with one attached hydrogen (secondary N) is 1. The second kappa shape index (κ2) is 7.36. The average molecular weight is 293 g/mol. The lowest BCUT2D eigenvalue weighted by atomic mass is 9.99. The van der Waals surface area contributed by atoms with Crippen LogP contribution in [0.2, 0.25) is 5.02 Å². The smallest absolute Gasteiger partial charge is 0.142 e. The van der Waals surface area contributed by atoms with Crippen molar-refractivity contribution in [3.63, 3.8) is 0 Å². The van der Waals surface area contributed by atoms with E-state index in [1.807, 2.05) is 24.4 Å². The fourth-order valence-electron chi connectivity index (χ4n) is 2.11. The van der Waals surface area contributed by atoms with Gasteiger partial charge in [0.05, 0.1) is 5.02 Å². The second-order valence-corrected chi connectivity index (χ2v) is 5.15. The summed E-state index contributed by atoms with van der Waals surface area (Å²) in [6.07, 6.45) is 5.39. The maximum Gasteiger partial charge on any atom is 0.142 e. The lowest BCUT2D eigenvalue weighted by Crippen LogP contribution is -2.24. The van der Waals surface area contributed by atoms with Gasteiger partial charge in [0.15, 0.2) is 0 Å². The first kappa shape index (κ1) is 14.9. The van der Waals surface area contributed by atoms with Crippen LogP contribution in [0.4, 0.5) is 4.39 Å². The molecule has 0 aliphatic heterocycles. The number of nitrogens with zero attached hydrogens (tertiary/aromatic N) is 1. The molecule has 20 heavy (non-hydrogen) atoms. The molecule has 0 amide bonds. The van der Waals surface area contributed by atoms with Gasteiger partial charge in [0.25, 0.3) is 0 Å². The number of aromatic nitrogens is 1. The van der Waals surface area contributed by atoms with Crippen molar-refractivity contribution in [2.75, 3.05) is 6.54 Å². The highest BCUT2D eigenvalue weighted by atomic mass is 35.5. The van der Waals surface area contributed by atoms with Crippen molar-refractivity contribution in [1.82, 2.24) is 10.3 Å². The van der Waals surface area contributed by atoms with Crippen molar-refractivity contribution in [3.05, 3.63) is 64.7 Å². The maximum atomic E-state index is 13.6. The van der Waals surface area contributed by atoms with Crippen molar-refractivity contribution in [1.29, 1.82) is 0 Å². The number of hydrogen-bond donors (Lipinski definition) is 1. The SMILES string of the molecule is CCCNC(Cc1cccnc1)c1ccc(Cl)c(F)c1. The van der Waals surface area contributed by atoms with E-state index in [2.05, 4.69) is 17.2 Å². The number of pyridine rings is 1. The molecule has 4 heteroatoms. The van der Waals surface area contributed by atoms with Gasteiger partial charge in [0.2, 0.25) is 0 Å². The largest absolute Gasteiger partial charge is 0.310 e. The van der Waals surface area contributed by atoms with E-state index in [0.29, 0.717) is 0 Å². The summed E-state index contributed by atoms with van der Waals surface area (Å²) in [6, 6.07) is 8.98. The molecule has 0 spiro atoms. The molecular formula is C16H18ClFN2. The van der Waals surface area contributed by atoms with Crippen molar-refractivity contribution in [2.24, 2.45) is 0 Å². The van der Waals surface area contributed by atoms with Gasteiger partial charge in [-0.2, -0.15) is 0 Å². The molecular weight excluding hydrogens is 275 g/mol. The summed E-state index contributed by atoms with van der Waals surface area (Å²) in [6.45, 7) is 2.99. The molecule has 0 fully saturated rings. The molecule has 1 atom stereocenters. The van der Waals surface area contributed by atoms with Gasteiger partial charge in [0.1, 0.15) is 5.82 Å². The predicted molar refractivity (Wildman–Crippen MR) is 80.4 cm³/mol. The first-order chi connectivity index (χ1) is 9.70. The highest BCUT2D eigenvalue weighted by Gasteiger charge is 2.13. The Labute approximate surface area is 124 Å². The zero-order chi connectivity index (χ0) is 14.4. The van der Waals surface area contributed by atoms with E-state index in [9.17, 15) is 4.39 Å². The third-order valence-corrected chi connectivity index (χ3v) is 3.46. The van der Waals surface area contributed by atoms with E-state index in [1.165, 1.54) is 6.07 Å². The van der Waals surface area contributed by atoms with Crippen LogP contribution in [0.15, 0.2) is 42.7 Å². The third-order valence-electron chi connectivity index (χ3n) is 3.15. The molecule has 1 aromatic heterocycles. The molecule has 2 rings (SSSR count). The van der Waals surface area contributed by atoms with Crippen molar-refractivity contribution in [3.8, 4) is 0 Å². The van der Waals surface area contributed by atoms with Gasteiger partial charge in [-0.1, -0.05) is 30.7 Å². The molecule has 0 radical (unpaired) electrons. The van der Waals surface area contributed by atoms with Crippen molar-refractivity contribution < 1.29 is 4.39 Å². The number of benzene rings is 1. The van der Waals surface area contributed by atoms with E-state index < -0.39 is 0 Å². The molecule has 0 saturated heterocycles. The summed E-state index contributed by atoms with van der Waals surface area (Å²) in [7, 11) is 0. The van der Waals surface area contributed by atoms with Crippen LogP contribution in [0.3, 0.4) is 0 Å². The fourth-order valence-corrected chi connectivity index (χ4v) is 2.23. The van der Waals surface area contributed by atoms with Crippen LogP contribution in [0.1, 0.15) is 30.5 Å². The molecule has 1 unspecified atom stereocenters. The summed E-state index contributed by atoms with van der Waals surface area (Å²) >= 11 is 5.74. The van der Waals surface area contributed by atoms with Gasteiger partial charge in [-0.15, -0.1) is 0 Å². The Hall–Kier alpha value is -1.45. The number of hydrogen-bond acceptors (Lipinski definition) is 2. The molecule has 0 aliphatic rings. The van der Waals surface area contributed by atoms with E-state index in [-0.39, 0.29) is 16.9 Å². The zero-order valence-corrected chi connectivity index (χ0v) is 12.2. The van der Waals surface area contributed by atoms with Crippen LogP contribution in [-0.4, -0.2) is 11.5 Å². The molecule has 1 N–H and O–H groups in total. The standard InChI is InChI=1S/C16H18ClFN2/c1-2-7-20-16(9-12-4-3-8-19-11-12)13-5-6-14(17)15(18)10-13/h3-6,8,10-11,16,20H,2,7,9H2,1H3. The van der Waals surface area contributed by atoms with Gasteiger partial charge >= 0.3 is 0 Å². The summed E-state index contributed by atoms with van der Waals surface area (Å²) in [5.41, 5.74) is 2.03. The topological polar surface area (TPSA) is 24.9 Å². The Morgan fingerprint density at radius 2 is 2.20 bits per heavy atom. The fraction of sp³-hybridized carbons (Fsp3) is 0.312. The molecule has 106 valence electrons. The predicted octanol–water partition coefficient (Wildman–Crippen LogP) is 4.16. The van der Waals surface area contributed by atoms with Crippen LogP contribution >= 0.6 is 11.6 Å². The van der Waals surface area contributed by atoms with Gasteiger partial charge in [0, 0.05) is 18.4 Å². The first-order valence-electron chi connectivity index (χ1n) is 6.78. The third kappa shape index (κ3) is 4.02. The van der Waals surface area contributed by atoms with Gasteiger partial charge < -0.3 is 5.32 Å². The maximum absolute atomic E-state index is 13.6. The Morgan fingerprint density at radius 1 is 1.35 bits per heavy atom. The van der Waals surface area contributed by atoms with Crippen LogP contribution in [0, 0.1) is 5.82 Å². The minimum Gasteiger partial charge on any atom is -0.310 e. The summed E-state index contributed by atoms with van der Waals surface area (Å²) < 4.78 is 13.6. The highest BCUT2D eigenvalue weighted by Crippen LogP contribution is 2.23. The normalized spacial score (nSPS) is 12.3. The molecule has 1 heterocycles. The minimum atomic E-state index is -0.376. The van der Waals surface area contributed by atoms with Crippen LogP contribution < -0.4 is 5.32 Å². The Morgan fingerprint density at radius 3 is 2.85 bits per heavy atom. The van der Waals surface area contributed by atoms with Crippen LogP contribution in [0.25, 0.3) is 0 Å². The van der Waals surface area contributed by atoms with E-state index in [4.69, 9.17) is 11.6 Å². The van der Waals surface area contributed by atoms with Gasteiger partial charge in [-0.25, -0.2) is 4.39 Å². The van der Waals surface area contributed by atoms with Crippen LogP contribution in [0.5, 0.6) is 0 Å². The monoisotopic (exact) mass is 292 g/mol. The highest BCUT2D eigenvalue weighted by molar-refractivity contribution is 6.30. The van der Waals surface area contributed by atoms with Crippen molar-refractivity contribution >= 4 is 11.6 Å². The lowest BCUT2D eigenvalue weighted by Gasteiger charge is -2.19. The zero-order valence-electron chi connectivity index (χ0n) is 11.4. The molecule has 2 aromatic rings. The van der Waals surface area contributed by atoms with E-state index in [1.54, 1.807) is 12.3 Å². The van der Waals surface area contributed by atoms with Crippen LogP contribution in [-0.2, 0) is 6.42 Å². The average Bonchev–Trinajstić information content (AvgIpc) is 2.47. The van der Waals surface area contributed by atoms with Gasteiger partial charge in [-0.05, 0) is 48.7 Å². The Kier molecular flexibility index (Phi) is 5.50. The first-order valence-corrected chi connectivity index (χ1v) is 7.15. The Bertz CT molecular complexity index is 545. The molecule has 2 nitrogen and oxygen atoms in total. The van der Waals surface area contributed by atoms with Gasteiger partial charge in [-0.3, -0.25) is 4.98 Å². The molecule has 0 saturated carbocycles. The Balaban J connectivity index is 2.20. The summed E-state index contributed by atoms with van der Waals surface area (Å²) in [5.74, 6) is -0.376. The van der Waals surface area contributed by atoms with Crippen molar-refractivity contribution in [2.45, 2.75) is 25.8 Å². The molecule has 1 aromatic carbocycles. The molecule has 0 bridgehead atoms. The summed E-state index contributed by atoms with van der Waals surface area (Å²) in [4.78, 5) is 4.12. The minimum absolute atomic E-state index is 0.0610.